The number of urea groups is 1. The fourth-order valence-electron chi connectivity index (χ4n) is 2.72. The third kappa shape index (κ3) is 4.82. The molecule has 1 N–H and O–H groups in total. The van der Waals surface area contributed by atoms with Gasteiger partial charge in [-0.2, -0.15) is 0 Å². The Hall–Kier alpha value is -1.82. The first kappa shape index (κ1) is 16.1. The number of ether oxygens (including phenoxy) is 2. The number of aromatic nitrogens is 1. The van der Waals surface area contributed by atoms with Crippen LogP contribution in [0.2, 0.25) is 0 Å². The molecule has 1 saturated carbocycles. The SMILES string of the molecule is CC1CN(C(=O)NCc2ccc(OCC3CC3)nc2)CC(C)O1. The third-order valence-electron chi connectivity index (χ3n) is 4.11. The van der Waals surface area contributed by atoms with Gasteiger partial charge in [0.05, 0.1) is 18.8 Å². The number of pyridine rings is 1. The van der Waals surface area contributed by atoms with Crippen molar-refractivity contribution in [3.8, 4) is 5.88 Å². The minimum atomic E-state index is -0.0546. The zero-order chi connectivity index (χ0) is 16.2. The fourth-order valence-corrected chi connectivity index (χ4v) is 2.72. The summed E-state index contributed by atoms with van der Waals surface area (Å²) < 4.78 is 11.2. The Morgan fingerprint density at radius 3 is 2.70 bits per heavy atom. The van der Waals surface area contributed by atoms with Crippen LogP contribution in [0.4, 0.5) is 4.79 Å². The van der Waals surface area contributed by atoms with Crippen LogP contribution in [0.1, 0.15) is 32.3 Å². The minimum Gasteiger partial charge on any atom is -0.477 e. The maximum atomic E-state index is 12.2. The van der Waals surface area contributed by atoms with Gasteiger partial charge in [0.2, 0.25) is 5.88 Å². The molecule has 6 heteroatoms. The number of carbonyl (C=O) groups excluding carboxylic acids is 1. The Morgan fingerprint density at radius 1 is 1.35 bits per heavy atom. The molecule has 0 radical (unpaired) electrons. The molecule has 1 aromatic heterocycles. The Balaban J connectivity index is 1.44. The normalized spacial score (nSPS) is 24.3. The summed E-state index contributed by atoms with van der Waals surface area (Å²) in [5.41, 5.74) is 0.964. The van der Waals surface area contributed by atoms with E-state index in [-0.39, 0.29) is 18.2 Å². The van der Waals surface area contributed by atoms with Crippen molar-refractivity contribution in [1.29, 1.82) is 0 Å². The van der Waals surface area contributed by atoms with E-state index in [1.54, 1.807) is 11.1 Å². The molecule has 3 rings (SSSR count). The standard InChI is InChI=1S/C17H25N3O3/c1-12-9-20(10-13(2)23-12)17(21)19-8-15-5-6-16(18-7-15)22-11-14-3-4-14/h5-7,12-14H,3-4,8-11H2,1-2H3,(H,19,21). The predicted octanol–water partition coefficient (Wildman–Crippen LogP) is 2.19. The van der Waals surface area contributed by atoms with Gasteiger partial charge in [0.25, 0.3) is 0 Å². The largest absolute Gasteiger partial charge is 0.477 e. The molecule has 1 aromatic rings. The quantitative estimate of drug-likeness (QED) is 0.903. The third-order valence-corrected chi connectivity index (χ3v) is 4.11. The average molecular weight is 319 g/mol. The van der Waals surface area contributed by atoms with Crippen LogP contribution >= 0.6 is 0 Å². The molecule has 2 unspecified atom stereocenters. The minimum absolute atomic E-state index is 0.0546. The summed E-state index contributed by atoms with van der Waals surface area (Å²) in [6.45, 7) is 6.45. The van der Waals surface area contributed by atoms with E-state index in [1.807, 2.05) is 26.0 Å². The molecular weight excluding hydrogens is 294 g/mol. The maximum absolute atomic E-state index is 12.2. The molecule has 23 heavy (non-hydrogen) atoms. The number of hydrogen-bond acceptors (Lipinski definition) is 4. The van der Waals surface area contributed by atoms with Crippen molar-refractivity contribution in [1.82, 2.24) is 15.2 Å². The van der Waals surface area contributed by atoms with Crippen LogP contribution < -0.4 is 10.1 Å². The topological polar surface area (TPSA) is 63.7 Å². The van der Waals surface area contributed by atoms with Crippen molar-refractivity contribution in [3.63, 3.8) is 0 Å². The molecule has 0 bridgehead atoms. The van der Waals surface area contributed by atoms with Crippen LogP contribution in [-0.2, 0) is 11.3 Å². The van der Waals surface area contributed by atoms with Gasteiger partial charge in [0.15, 0.2) is 0 Å². The van der Waals surface area contributed by atoms with Gasteiger partial charge in [-0.05, 0) is 38.2 Å². The highest BCUT2D eigenvalue weighted by molar-refractivity contribution is 5.74. The summed E-state index contributed by atoms with van der Waals surface area (Å²) in [6, 6.07) is 3.75. The molecule has 0 spiro atoms. The molecule has 2 atom stereocenters. The van der Waals surface area contributed by atoms with Crippen molar-refractivity contribution in [2.75, 3.05) is 19.7 Å². The van der Waals surface area contributed by atoms with E-state index in [1.165, 1.54) is 12.8 Å². The van der Waals surface area contributed by atoms with Crippen molar-refractivity contribution in [2.24, 2.45) is 5.92 Å². The summed E-state index contributed by atoms with van der Waals surface area (Å²) >= 11 is 0. The number of nitrogens with zero attached hydrogens (tertiary/aromatic N) is 2. The van der Waals surface area contributed by atoms with Gasteiger partial charge >= 0.3 is 6.03 Å². The van der Waals surface area contributed by atoms with Crippen LogP contribution in [0.25, 0.3) is 0 Å². The molecule has 2 fully saturated rings. The highest BCUT2D eigenvalue weighted by atomic mass is 16.5. The molecule has 1 aliphatic carbocycles. The monoisotopic (exact) mass is 319 g/mol. The van der Waals surface area contributed by atoms with Crippen molar-refractivity contribution < 1.29 is 14.3 Å². The zero-order valence-electron chi connectivity index (χ0n) is 13.8. The van der Waals surface area contributed by atoms with Crippen LogP contribution in [0.15, 0.2) is 18.3 Å². The second kappa shape index (κ2) is 7.17. The highest BCUT2D eigenvalue weighted by Crippen LogP contribution is 2.29. The molecular formula is C17H25N3O3. The van der Waals surface area contributed by atoms with Crippen molar-refractivity contribution in [2.45, 2.75) is 45.4 Å². The summed E-state index contributed by atoms with van der Waals surface area (Å²) in [5, 5.41) is 2.94. The molecule has 2 aliphatic rings. The first-order valence-electron chi connectivity index (χ1n) is 8.36. The average Bonchev–Trinajstić information content (AvgIpc) is 3.35. The smallest absolute Gasteiger partial charge is 0.317 e. The van der Waals surface area contributed by atoms with Crippen LogP contribution in [0.5, 0.6) is 5.88 Å². The Labute approximate surface area is 137 Å². The number of amides is 2. The molecule has 2 amide bonds. The second-order valence-corrected chi connectivity index (χ2v) is 6.58. The van der Waals surface area contributed by atoms with Gasteiger partial charge in [0.1, 0.15) is 0 Å². The van der Waals surface area contributed by atoms with Crippen molar-refractivity contribution >= 4 is 6.03 Å². The number of rotatable bonds is 5. The molecule has 0 aromatic carbocycles. The van der Waals surface area contributed by atoms with E-state index in [0.29, 0.717) is 31.4 Å². The predicted molar refractivity (Wildman–Crippen MR) is 86.3 cm³/mol. The lowest BCUT2D eigenvalue weighted by Gasteiger charge is -2.35. The van der Waals surface area contributed by atoms with Crippen LogP contribution in [-0.4, -0.2) is 47.8 Å². The zero-order valence-corrected chi connectivity index (χ0v) is 13.8. The number of nitrogens with one attached hydrogen (secondary N) is 1. The lowest BCUT2D eigenvalue weighted by molar-refractivity contribution is -0.0545. The number of morpholine rings is 1. The van der Waals surface area contributed by atoms with E-state index in [4.69, 9.17) is 9.47 Å². The second-order valence-electron chi connectivity index (χ2n) is 6.58. The Kier molecular flexibility index (Phi) is 5.00. The fraction of sp³-hybridized carbons (Fsp3) is 0.647. The van der Waals surface area contributed by atoms with Gasteiger partial charge in [-0.3, -0.25) is 0 Å². The summed E-state index contributed by atoms with van der Waals surface area (Å²) in [4.78, 5) is 18.3. The van der Waals surface area contributed by atoms with E-state index >= 15 is 0 Å². The van der Waals surface area contributed by atoms with Gasteiger partial charge < -0.3 is 19.7 Å². The van der Waals surface area contributed by atoms with Crippen molar-refractivity contribution in [3.05, 3.63) is 23.9 Å². The van der Waals surface area contributed by atoms with Gasteiger partial charge in [-0.1, -0.05) is 6.07 Å². The first-order valence-corrected chi connectivity index (χ1v) is 8.36. The first-order chi connectivity index (χ1) is 11.1. The van der Waals surface area contributed by atoms with Crippen LogP contribution in [0, 0.1) is 5.92 Å². The number of hydrogen-bond donors (Lipinski definition) is 1. The molecule has 1 saturated heterocycles. The summed E-state index contributed by atoms with van der Waals surface area (Å²) in [5.74, 6) is 1.37. The van der Waals surface area contributed by atoms with Gasteiger partial charge in [0, 0.05) is 31.9 Å². The van der Waals surface area contributed by atoms with Gasteiger partial charge in [-0.25, -0.2) is 9.78 Å². The van der Waals surface area contributed by atoms with E-state index in [0.717, 1.165) is 12.2 Å². The molecule has 1 aliphatic heterocycles. The molecule has 2 heterocycles. The van der Waals surface area contributed by atoms with E-state index in [9.17, 15) is 4.79 Å². The van der Waals surface area contributed by atoms with E-state index < -0.39 is 0 Å². The molecule has 126 valence electrons. The number of carbonyl (C=O) groups is 1. The Bertz CT molecular complexity index is 520. The van der Waals surface area contributed by atoms with E-state index in [2.05, 4.69) is 10.3 Å². The summed E-state index contributed by atoms with van der Waals surface area (Å²) in [6.07, 6.45) is 4.45. The highest BCUT2D eigenvalue weighted by Gasteiger charge is 2.25. The lowest BCUT2D eigenvalue weighted by atomic mass is 10.2. The summed E-state index contributed by atoms with van der Waals surface area (Å²) in [7, 11) is 0. The van der Waals surface area contributed by atoms with Gasteiger partial charge in [-0.15, -0.1) is 0 Å². The van der Waals surface area contributed by atoms with Crippen LogP contribution in [0.3, 0.4) is 0 Å². The maximum Gasteiger partial charge on any atom is 0.317 e. The lowest BCUT2D eigenvalue weighted by Crippen LogP contribution is -2.51. The Morgan fingerprint density at radius 2 is 2.09 bits per heavy atom. The molecule has 6 nitrogen and oxygen atoms in total.